The molecule has 0 saturated carbocycles. The van der Waals surface area contributed by atoms with Gasteiger partial charge in [-0.25, -0.2) is 8.78 Å². The number of halogens is 2. The molecule has 3 rings (SSSR count). The normalized spacial score (nSPS) is 17.2. The van der Waals surface area contributed by atoms with Gasteiger partial charge in [-0.1, -0.05) is 25.1 Å². The van der Waals surface area contributed by atoms with Crippen LogP contribution in [-0.4, -0.2) is 30.6 Å². The molecule has 0 unspecified atom stereocenters. The zero-order chi connectivity index (χ0) is 17.6. The van der Waals surface area contributed by atoms with Gasteiger partial charge in [-0.2, -0.15) is 0 Å². The van der Waals surface area contributed by atoms with Crippen molar-refractivity contribution in [3.63, 3.8) is 0 Å². The Hall–Kier alpha value is -1.98. The van der Waals surface area contributed by atoms with Crippen LogP contribution in [0.1, 0.15) is 25.3 Å². The lowest BCUT2D eigenvalue weighted by atomic mass is 10.1. The second-order valence-electron chi connectivity index (χ2n) is 6.40. The minimum Gasteiger partial charge on any atom is -0.457 e. The van der Waals surface area contributed by atoms with E-state index < -0.39 is 11.6 Å². The van der Waals surface area contributed by atoms with Crippen molar-refractivity contribution in [2.24, 2.45) is 0 Å². The molecule has 134 valence electrons. The molecule has 25 heavy (non-hydrogen) atoms. The van der Waals surface area contributed by atoms with E-state index in [1.54, 1.807) is 0 Å². The van der Waals surface area contributed by atoms with E-state index in [0.29, 0.717) is 17.5 Å². The average molecular weight is 346 g/mol. The summed E-state index contributed by atoms with van der Waals surface area (Å²) in [5, 5.41) is 3.41. The molecule has 5 heteroatoms. The molecule has 0 radical (unpaired) electrons. The van der Waals surface area contributed by atoms with Gasteiger partial charge in [0, 0.05) is 30.8 Å². The molecular weight excluding hydrogens is 322 g/mol. The smallest absolute Gasteiger partial charge is 0.162 e. The van der Waals surface area contributed by atoms with E-state index in [0.717, 1.165) is 56.7 Å². The Morgan fingerprint density at radius 2 is 2.00 bits per heavy atom. The summed E-state index contributed by atoms with van der Waals surface area (Å²) >= 11 is 0. The van der Waals surface area contributed by atoms with E-state index in [-0.39, 0.29) is 0 Å². The van der Waals surface area contributed by atoms with Gasteiger partial charge in [0.1, 0.15) is 11.5 Å². The number of hydrogen-bond donors (Lipinski definition) is 1. The molecule has 0 spiro atoms. The molecule has 0 aromatic heterocycles. The van der Waals surface area contributed by atoms with Gasteiger partial charge in [-0.15, -0.1) is 0 Å². The monoisotopic (exact) mass is 346 g/mol. The van der Waals surface area contributed by atoms with Gasteiger partial charge in [0.15, 0.2) is 11.6 Å². The molecule has 1 fully saturated rings. The minimum atomic E-state index is -0.903. The van der Waals surface area contributed by atoms with E-state index in [1.165, 1.54) is 6.07 Å². The van der Waals surface area contributed by atoms with Crippen LogP contribution in [0.2, 0.25) is 0 Å². The molecule has 1 aliphatic rings. The molecule has 3 nitrogen and oxygen atoms in total. The first-order chi connectivity index (χ1) is 12.2. The largest absolute Gasteiger partial charge is 0.457 e. The highest BCUT2D eigenvalue weighted by Crippen LogP contribution is 2.28. The lowest BCUT2D eigenvalue weighted by Crippen LogP contribution is -2.37. The van der Waals surface area contributed by atoms with Crippen LogP contribution >= 0.6 is 0 Å². The first-order valence-electron chi connectivity index (χ1n) is 8.83. The van der Waals surface area contributed by atoms with Crippen molar-refractivity contribution in [3.8, 4) is 11.5 Å². The van der Waals surface area contributed by atoms with Crippen molar-refractivity contribution in [3.05, 3.63) is 59.7 Å². The fourth-order valence-corrected chi connectivity index (χ4v) is 3.25. The molecule has 0 amide bonds. The van der Waals surface area contributed by atoms with Crippen molar-refractivity contribution in [2.45, 2.75) is 32.4 Å². The number of benzene rings is 2. The first kappa shape index (κ1) is 17.8. The number of para-hydroxylation sites is 1. The Labute approximate surface area is 147 Å². The van der Waals surface area contributed by atoms with Gasteiger partial charge in [0.2, 0.25) is 0 Å². The number of nitrogens with one attached hydrogen (secondary N) is 1. The quantitative estimate of drug-likeness (QED) is 0.807. The zero-order valence-electron chi connectivity index (χ0n) is 14.5. The SMILES string of the molecule is CCCN(Cc1ccccc1Oc1ccc(F)c(F)c1)[C@H]1CCNC1. The summed E-state index contributed by atoms with van der Waals surface area (Å²) in [5.74, 6) is -0.792. The summed E-state index contributed by atoms with van der Waals surface area (Å²) in [7, 11) is 0. The molecule has 2 aromatic rings. The third kappa shape index (κ3) is 4.55. The van der Waals surface area contributed by atoms with Crippen molar-refractivity contribution >= 4 is 0 Å². The van der Waals surface area contributed by atoms with Gasteiger partial charge in [-0.05, 0) is 44.1 Å². The topological polar surface area (TPSA) is 24.5 Å². The van der Waals surface area contributed by atoms with Gasteiger partial charge in [0.25, 0.3) is 0 Å². The summed E-state index contributed by atoms with van der Waals surface area (Å²) in [6.45, 7) is 6.04. The maximum Gasteiger partial charge on any atom is 0.162 e. The molecular formula is C20H24F2N2O. The van der Waals surface area contributed by atoms with Crippen LogP contribution in [0.25, 0.3) is 0 Å². The summed E-state index contributed by atoms with van der Waals surface area (Å²) < 4.78 is 32.4. The van der Waals surface area contributed by atoms with Crippen molar-refractivity contribution in [1.29, 1.82) is 0 Å². The van der Waals surface area contributed by atoms with Crippen molar-refractivity contribution < 1.29 is 13.5 Å². The molecule has 0 bridgehead atoms. The summed E-state index contributed by atoms with van der Waals surface area (Å²) in [6, 6.07) is 11.9. The predicted molar refractivity (Wildman–Crippen MR) is 94.8 cm³/mol. The maximum atomic E-state index is 13.4. The third-order valence-electron chi connectivity index (χ3n) is 4.53. The highest BCUT2D eigenvalue weighted by molar-refractivity contribution is 5.38. The summed E-state index contributed by atoms with van der Waals surface area (Å²) in [6.07, 6.45) is 2.23. The first-order valence-corrected chi connectivity index (χ1v) is 8.83. The Bertz CT molecular complexity index is 702. The van der Waals surface area contributed by atoms with Gasteiger partial charge in [-0.3, -0.25) is 4.90 Å². The van der Waals surface area contributed by atoms with E-state index in [1.807, 2.05) is 24.3 Å². The van der Waals surface area contributed by atoms with E-state index in [9.17, 15) is 8.78 Å². The van der Waals surface area contributed by atoms with Crippen molar-refractivity contribution in [2.75, 3.05) is 19.6 Å². The van der Waals surface area contributed by atoms with Crippen LogP contribution in [0.4, 0.5) is 8.78 Å². The number of nitrogens with zero attached hydrogens (tertiary/aromatic N) is 1. The molecule has 1 atom stereocenters. The third-order valence-corrected chi connectivity index (χ3v) is 4.53. The molecule has 1 aliphatic heterocycles. The van der Waals surface area contributed by atoms with E-state index in [4.69, 9.17) is 4.74 Å². The molecule has 1 saturated heterocycles. The van der Waals surface area contributed by atoms with Crippen LogP contribution in [0.15, 0.2) is 42.5 Å². The second-order valence-corrected chi connectivity index (χ2v) is 6.40. The fourth-order valence-electron chi connectivity index (χ4n) is 3.25. The van der Waals surface area contributed by atoms with Crippen LogP contribution in [0.3, 0.4) is 0 Å². The van der Waals surface area contributed by atoms with Gasteiger partial charge < -0.3 is 10.1 Å². The van der Waals surface area contributed by atoms with Gasteiger partial charge in [0.05, 0.1) is 0 Å². The Kier molecular flexibility index (Phi) is 6.00. The lowest BCUT2D eigenvalue weighted by molar-refractivity contribution is 0.198. The number of rotatable bonds is 7. The number of hydrogen-bond acceptors (Lipinski definition) is 3. The van der Waals surface area contributed by atoms with Crippen LogP contribution in [0.5, 0.6) is 11.5 Å². The Morgan fingerprint density at radius 3 is 2.72 bits per heavy atom. The molecule has 0 aliphatic carbocycles. The van der Waals surface area contributed by atoms with Crippen LogP contribution in [-0.2, 0) is 6.54 Å². The fraction of sp³-hybridized carbons (Fsp3) is 0.400. The summed E-state index contributed by atoms with van der Waals surface area (Å²) in [4.78, 5) is 2.47. The molecule has 1 heterocycles. The summed E-state index contributed by atoms with van der Waals surface area (Å²) in [5.41, 5.74) is 1.05. The standard InChI is InChI=1S/C20H24F2N2O/c1-2-11-24(16-9-10-23-13-16)14-15-5-3-4-6-20(15)25-17-7-8-18(21)19(22)12-17/h3-8,12,16,23H,2,9-11,13-14H2,1H3/t16-/m0/s1. The lowest BCUT2D eigenvalue weighted by Gasteiger charge is -2.28. The molecule has 2 aromatic carbocycles. The van der Waals surface area contributed by atoms with Crippen LogP contribution < -0.4 is 10.1 Å². The van der Waals surface area contributed by atoms with E-state index in [2.05, 4.69) is 17.1 Å². The average Bonchev–Trinajstić information content (AvgIpc) is 3.14. The van der Waals surface area contributed by atoms with Crippen molar-refractivity contribution in [1.82, 2.24) is 10.2 Å². The Morgan fingerprint density at radius 1 is 1.16 bits per heavy atom. The maximum absolute atomic E-state index is 13.4. The highest BCUT2D eigenvalue weighted by atomic mass is 19.2. The van der Waals surface area contributed by atoms with Gasteiger partial charge >= 0.3 is 0 Å². The minimum absolute atomic E-state index is 0.302. The highest BCUT2D eigenvalue weighted by Gasteiger charge is 2.22. The van der Waals surface area contributed by atoms with E-state index >= 15 is 0 Å². The number of ether oxygens (including phenoxy) is 1. The molecule has 1 N–H and O–H groups in total. The van der Waals surface area contributed by atoms with Crippen LogP contribution in [0, 0.1) is 11.6 Å². The second kappa shape index (κ2) is 8.41. The zero-order valence-corrected chi connectivity index (χ0v) is 14.5. The predicted octanol–water partition coefficient (Wildman–Crippen LogP) is 4.33. The Balaban J connectivity index is 1.78.